The van der Waals surface area contributed by atoms with Gasteiger partial charge in [-0.2, -0.15) is 0 Å². The van der Waals surface area contributed by atoms with Crippen LogP contribution >= 0.6 is 0 Å². The fraction of sp³-hybridized carbons (Fsp3) is 0.625. The predicted octanol–water partition coefficient (Wildman–Crippen LogP) is 2.85. The summed E-state index contributed by atoms with van der Waals surface area (Å²) in [6, 6.07) is 10.7. The maximum absolute atomic E-state index is 5.28. The van der Waals surface area contributed by atoms with Crippen LogP contribution in [0.5, 0.6) is 0 Å². The summed E-state index contributed by atoms with van der Waals surface area (Å²) >= 11 is 0. The predicted molar refractivity (Wildman–Crippen MR) is 76.6 cm³/mol. The number of anilines is 1. The highest BCUT2D eigenvalue weighted by atomic mass is 16.6. The normalized spacial score (nSPS) is 24.2. The quantitative estimate of drug-likeness (QED) is 0.640. The molecule has 3 heteroatoms. The van der Waals surface area contributed by atoms with Gasteiger partial charge in [0.15, 0.2) is 0 Å². The second-order valence-electron chi connectivity index (χ2n) is 5.52. The number of para-hydroxylation sites is 1. The van der Waals surface area contributed by atoms with Gasteiger partial charge in [0.1, 0.15) is 0 Å². The average Bonchev–Trinajstić information content (AvgIpc) is 3.33. The van der Waals surface area contributed by atoms with E-state index >= 15 is 0 Å². The molecule has 0 aliphatic carbocycles. The standard InChI is InChI=1S/C16H23NO2/c1-2-6-14(7-3-1)17(10-4-8-15-12-18-15)11-5-9-16-13-19-16/h1-3,6-7,15-16H,4-5,8-13H2. The monoisotopic (exact) mass is 261 g/mol. The molecule has 0 amide bonds. The summed E-state index contributed by atoms with van der Waals surface area (Å²) in [6.45, 7) is 4.22. The summed E-state index contributed by atoms with van der Waals surface area (Å²) < 4.78 is 10.6. The van der Waals surface area contributed by atoms with Crippen LogP contribution in [-0.4, -0.2) is 38.5 Å². The SMILES string of the molecule is c1ccc(N(CCCC2CO2)CCCC2CO2)cc1. The number of ether oxygens (including phenoxy) is 2. The Hall–Kier alpha value is -1.06. The Morgan fingerprint density at radius 2 is 1.42 bits per heavy atom. The zero-order valence-corrected chi connectivity index (χ0v) is 11.5. The molecule has 0 N–H and O–H groups in total. The van der Waals surface area contributed by atoms with Crippen molar-refractivity contribution >= 4 is 5.69 Å². The van der Waals surface area contributed by atoms with Gasteiger partial charge in [-0.15, -0.1) is 0 Å². The summed E-state index contributed by atoms with van der Waals surface area (Å²) in [5, 5.41) is 0. The zero-order chi connectivity index (χ0) is 12.9. The molecule has 2 heterocycles. The second kappa shape index (κ2) is 6.40. The summed E-state index contributed by atoms with van der Waals surface area (Å²) in [6.07, 6.45) is 5.96. The van der Waals surface area contributed by atoms with Crippen LogP contribution in [0.4, 0.5) is 5.69 Å². The van der Waals surface area contributed by atoms with E-state index in [2.05, 4.69) is 35.2 Å². The van der Waals surface area contributed by atoms with E-state index in [9.17, 15) is 0 Å². The van der Waals surface area contributed by atoms with Gasteiger partial charge in [0.25, 0.3) is 0 Å². The minimum absolute atomic E-state index is 0.553. The van der Waals surface area contributed by atoms with Gasteiger partial charge >= 0.3 is 0 Å². The first-order valence-corrected chi connectivity index (χ1v) is 7.45. The van der Waals surface area contributed by atoms with Crippen LogP contribution in [0.15, 0.2) is 30.3 Å². The van der Waals surface area contributed by atoms with E-state index in [1.54, 1.807) is 0 Å². The fourth-order valence-electron chi connectivity index (χ4n) is 2.50. The lowest BCUT2D eigenvalue weighted by molar-refractivity contribution is 0.388. The molecule has 0 spiro atoms. The van der Waals surface area contributed by atoms with Crippen molar-refractivity contribution in [1.29, 1.82) is 0 Å². The van der Waals surface area contributed by atoms with E-state index in [1.165, 1.54) is 31.4 Å². The number of nitrogens with zero attached hydrogens (tertiary/aromatic N) is 1. The number of epoxide rings is 2. The van der Waals surface area contributed by atoms with Crippen LogP contribution in [0.3, 0.4) is 0 Å². The molecule has 1 aromatic rings. The topological polar surface area (TPSA) is 28.3 Å². The Bertz CT molecular complexity index is 356. The highest BCUT2D eigenvalue weighted by Crippen LogP contribution is 2.20. The van der Waals surface area contributed by atoms with Gasteiger partial charge in [-0.1, -0.05) is 18.2 Å². The molecular formula is C16H23NO2. The molecule has 2 atom stereocenters. The molecule has 0 radical (unpaired) electrons. The number of hydrogen-bond donors (Lipinski definition) is 0. The minimum Gasteiger partial charge on any atom is -0.373 e. The second-order valence-corrected chi connectivity index (χ2v) is 5.52. The van der Waals surface area contributed by atoms with Crippen molar-refractivity contribution in [3.8, 4) is 0 Å². The summed E-state index contributed by atoms with van der Waals surface area (Å²) in [5.41, 5.74) is 1.34. The van der Waals surface area contributed by atoms with Gasteiger partial charge in [-0.25, -0.2) is 0 Å². The first-order chi connectivity index (χ1) is 9.42. The average molecular weight is 261 g/mol. The highest BCUT2D eigenvalue weighted by Gasteiger charge is 2.23. The summed E-state index contributed by atoms with van der Waals surface area (Å²) in [5.74, 6) is 0. The van der Waals surface area contributed by atoms with Crippen LogP contribution < -0.4 is 4.90 Å². The third-order valence-electron chi connectivity index (χ3n) is 3.83. The van der Waals surface area contributed by atoms with Crippen LogP contribution in [-0.2, 0) is 9.47 Å². The summed E-state index contributed by atoms with van der Waals surface area (Å²) in [7, 11) is 0. The van der Waals surface area contributed by atoms with Crippen LogP contribution in [0.2, 0.25) is 0 Å². The fourth-order valence-corrected chi connectivity index (χ4v) is 2.50. The van der Waals surface area contributed by atoms with E-state index in [1.807, 2.05) is 0 Å². The maximum atomic E-state index is 5.28. The van der Waals surface area contributed by atoms with E-state index in [0.717, 1.165) is 26.3 Å². The van der Waals surface area contributed by atoms with Gasteiger partial charge in [0, 0.05) is 18.8 Å². The lowest BCUT2D eigenvalue weighted by atomic mass is 10.2. The first-order valence-electron chi connectivity index (χ1n) is 7.45. The van der Waals surface area contributed by atoms with Gasteiger partial charge in [-0.3, -0.25) is 0 Å². The van der Waals surface area contributed by atoms with Gasteiger partial charge in [0.05, 0.1) is 25.4 Å². The van der Waals surface area contributed by atoms with E-state index in [-0.39, 0.29) is 0 Å². The molecule has 2 fully saturated rings. The number of benzene rings is 1. The molecule has 3 nitrogen and oxygen atoms in total. The molecular weight excluding hydrogens is 238 g/mol. The maximum Gasteiger partial charge on any atom is 0.0810 e. The Morgan fingerprint density at radius 1 is 0.895 bits per heavy atom. The van der Waals surface area contributed by atoms with Gasteiger partial charge in [0.2, 0.25) is 0 Å². The third-order valence-corrected chi connectivity index (χ3v) is 3.83. The molecule has 2 unspecified atom stereocenters. The van der Waals surface area contributed by atoms with Crippen molar-refractivity contribution in [2.24, 2.45) is 0 Å². The van der Waals surface area contributed by atoms with Crippen LogP contribution in [0.25, 0.3) is 0 Å². The van der Waals surface area contributed by atoms with Crippen molar-refractivity contribution in [3.05, 3.63) is 30.3 Å². The molecule has 104 valence electrons. The molecule has 0 aromatic heterocycles. The lowest BCUT2D eigenvalue weighted by Gasteiger charge is -2.24. The number of hydrogen-bond acceptors (Lipinski definition) is 3. The van der Waals surface area contributed by atoms with E-state index in [4.69, 9.17) is 9.47 Å². The molecule has 19 heavy (non-hydrogen) atoms. The van der Waals surface area contributed by atoms with Crippen molar-refractivity contribution in [2.45, 2.75) is 37.9 Å². The number of rotatable bonds is 9. The lowest BCUT2D eigenvalue weighted by Crippen LogP contribution is -2.26. The Kier molecular flexibility index (Phi) is 4.36. The van der Waals surface area contributed by atoms with Crippen molar-refractivity contribution in [2.75, 3.05) is 31.2 Å². The molecule has 3 rings (SSSR count). The van der Waals surface area contributed by atoms with Crippen LogP contribution in [0.1, 0.15) is 25.7 Å². The Labute approximate surface area is 115 Å². The third kappa shape index (κ3) is 4.51. The molecule has 2 saturated heterocycles. The smallest absolute Gasteiger partial charge is 0.0810 e. The molecule has 0 saturated carbocycles. The largest absolute Gasteiger partial charge is 0.373 e. The van der Waals surface area contributed by atoms with Gasteiger partial charge < -0.3 is 14.4 Å². The molecule has 2 aliphatic heterocycles. The van der Waals surface area contributed by atoms with Gasteiger partial charge in [-0.05, 0) is 37.8 Å². The molecule has 1 aromatic carbocycles. The summed E-state index contributed by atoms with van der Waals surface area (Å²) in [4.78, 5) is 2.50. The zero-order valence-electron chi connectivity index (χ0n) is 11.5. The molecule has 2 aliphatic rings. The highest BCUT2D eigenvalue weighted by molar-refractivity contribution is 5.45. The van der Waals surface area contributed by atoms with E-state index in [0.29, 0.717) is 12.2 Å². The first kappa shape index (κ1) is 12.9. The minimum atomic E-state index is 0.553. The van der Waals surface area contributed by atoms with Crippen molar-refractivity contribution < 1.29 is 9.47 Å². The Morgan fingerprint density at radius 3 is 1.89 bits per heavy atom. The van der Waals surface area contributed by atoms with E-state index < -0.39 is 0 Å². The molecule has 0 bridgehead atoms. The Balaban J connectivity index is 1.47. The van der Waals surface area contributed by atoms with Crippen molar-refractivity contribution in [3.63, 3.8) is 0 Å². The van der Waals surface area contributed by atoms with Crippen LogP contribution in [0, 0.1) is 0 Å². The van der Waals surface area contributed by atoms with Crippen molar-refractivity contribution in [1.82, 2.24) is 0 Å².